The zero-order valence-corrected chi connectivity index (χ0v) is 5.86. The van der Waals surface area contributed by atoms with Crippen LogP contribution in [0.4, 0.5) is 0 Å². The minimum Gasteiger partial charge on any atom is -0.321 e. The molecule has 0 aliphatic carbocycles. The van der Waals surface area contributed by atoms with Crippen molar-refractivity contribution in [2.24, 2.45) is 10.9 Å². The Balaban J connectivity index is 2.92. The standard InChI is InChI=1S/C7H9N3O/c8-9-7(10-11)6-4-2-1-3-5-6/h1-5,11H,8H2,(H,9,10). The molecule has 0 bridgehead atoms. The van der Waals surface area contributed by atoms with Crippen molar-refractivity contribution in [1.29, 1.82) is 0 Å². The molecular weight excluding hydrogens is 142 g/mol. The van der Waals surface area contributed by atoms with Crippen LogP contribution in [-0.2, 0) is 0 Å². The maximum absolute atomic E-state index is 8.52. The molecule has 4 heteroatoms. The van der Waals surface area contributed by atoms with Crippen molar-refractivity contribution in [1.82, 2.24) is 5.48 Å². The molecule has 0 saturated carbocycles. The minimum absolute atomic E-state index is 0.255. The van der Waals surface area contributed by atoms with Gasteiger partial charge in [0.15, 0.2) is 5.84 Å². The van der Waals surface area contributed by atoms with Crippen LogP contribution in [0.15, 0.2) is 35.4 Å². The predicted octanol–water partition coefficient (Wildman–Crippen LogP) is 0.286. The van der Waals surface area contributed by atoms with Crippen LogP contribution in [-0.4, -0.2) is 11.0 Å². The molecule has 0 aliphatic rings. The molecule has 4 nitrogen and oxygen atoms in total. The lowest BCUT2D eigenvalue weighted by Crippen LogP contribution is -2.21. The van der Waals surface area contributed by atoms with Gasteiger partial charge < -0.3 is 5.84 Å². The first-order chi connectivity index (χ1) is 5.38. The Morgan fingerprint density at radius 2 is 2.00 bits per heavy atom. The largest absolute Gasteiger partial charge is 0.321 e. The smallest absolute Gasteiger partial charge is 0.176 e. The number of hydrazone groups is 1. The van der Waals surface area contributed by atoms with Crippen LogP contribution < -0.4 is 11.3 Å². The lowest BCUT2D eigenvalue weighted by Gasteiger charge is -2.00. The molecular formula is C7H9N3O. The van der Waals surface area contributed by atoms with E-state index in [9.17, 15) is 0 Å². The fourth-order valence-corrected chi connectivity index (χ4v) is 0.764. The maximum Gasteiger partial charge on any atom is 0.176 e. The topological polar surface area (TPSA) is 70.6 Å². The van der Waals surface area contributed by atoms with E-state index in [1.807, 2.05) is 23.7 Å². The maximum atomic E-state index is 8.52. The number of nitrogens with two attached hydrogens (primary N) is 1. The summed E-state index contributed by atoms with van der Waals surface area (Å²) in [6.07, 6.45) is 0. The van der Waals surface area contributed by atoms with Crippen LogP contribution in [0, 0.1) is 0 Å². The summed E-state index contributed by atoms with van der Waals surface area (Å²) >= 11 is 0. The normalized spacial score (nSPS) is 11.2. The van der Waals surface area contributed by atoms with E-state index in [1.165, 1.54) is 0 Å². The summed E-state index contributed by atoms with van der Waals surface area (Å²) in [5.74, 6) is 5.24. The van der Waals surface area contributed by atoms with Gasteiger partial charge in [-0.1, -0.05) is 30.3 Å². The van der Waals surface area contributed by atoms with Crippen molar-refractivity contribution in [3.05, 3.63) is 35.9 Å². The number of hydrogen-bond acceptors (Lipinski definition) is 3. The van der Waals surface area contributed by atoms with E-state index < -0.39 is 0 Å². The molecule has 0 fully saturated rings. The van der Waals surface area contributed by atoms with Crippen LogP contribution in [0.25, 0.3) is 0 Å². The number of benzene rings is 1. The van der Waals surface area contributed by atoms with Gasteiger partial charge in [0.2, 0.25) is 0 Å². The molecule has 0 unspecified atom stereocenters. The SMILES string of the molecule is N/N=C(/NO)c1ccccc1. The van der Waals surface area contributed by atoms with Gasteiger partial charge >= 0.3 is 0 Å². The summed E-state index contributed by atoms with van der Waals surface area (Å²) in [5.41, 5.74) is 2.64. The Bertz CT molecular complexity index is 245. The van der Waals surface area contributed by atoms with Gasteiger partial charge in [-0.15, -0.1) is 0 Å². The van der Waals surface area contributed by atoms with Gasteiger partial charge in [0.05, 0.1) is 0 Å². The Morgan fingerprint density at radius 3 is 2.45 bits per heavy atom. The van der Waals surface area contributed by atoms with Crippen molar-refractivity contribution < 1.29 is 5.21 Å². The van der Waals surface area contributed by atoms with Gasteiger partial charge in [0.1, 0.15) is 0 Å². The zero-order chi connectivity index (χ0) is 8.10. The van der Waals surface area contributed by atoms with E-state index in [2.05, 4.69) is 5.10 Å². The highest BCUT2D eigenvalue weighted by Crippen LogP contribution is 1.97. The summed E-state index contributed by atoms with van der Waals surface area (Å²) in [6, 6.07) is 9.11. The molecule has 58 valence electrons. The van der Waals surface area contributed by atoms with Crippen LogP contribution in [0.1, 0.15) is 5.56 Å². The van der Waals surface area contributed by atoms with E-state index in [0.29, 0.717) is 0 Å². The molecule has 1 rings (SSSR count). The van der Waals surface area contributed by atoms with Crippen LogP contribution in [0.2, 0.25) is 0 Å². The van der Waals surface area contributed by atoms with Crippen LogP contribution in [0.5, 0.6) is 0 Å². The van der Waals surface area contributed by atoms with Crippen molar-refractivity contribution in [3.63, 3.8) is 0 Å². The number of hydroxylamine groups is 1. The fraction of sp³-hybridized carbons (Fsp3) is 0. The second-order valence-corrected chi connectivity index (χ2v) is 1.96. The van der Waals surface area contributed by atoms with Gasteiger partial charge in [-0.05, 0) is 0 Å². The van der Waals surface area contributed by atoms with Gasteiger partial charge in [0.25, 0.3) is 0 Å². The molecule has 0 spiro atoms. The summed E-state index contributed by atoms with van der Waals surface area (Å²) < 4.78 is 0. The number of rotatable bonds is 1. The Labute approximate surface area is 64.3 Å². The van der Waals surface area contributed by atoms with Crippen molar-refractivity contribution >= 4 is 5.84 Å². The highest BCUT2D eigenvalue weighted by atomic mass is 16.5. The molecule has 0 aromatic heterocycles. The average Bonchev–Trinajstić information content (AvgIpc) is 2.09. The molecule has 11 heavy (non-hydrogen) atoms. The van der Waals surface area contributed by atoms with E-state index in [4.69, 9.17) is 11.0 Å². The Morgan fingerprint density at radius 1 is 1.36 bits per heavy atom. The van der Waals surface area contributed by atoms with Crippen molar-refractivity contribution in [3.8, 4) is 0 Å². The number of amidine groups is 1. The highest BCUT2D eigenvalue weighted by molar-refractivity contribution is 5.97. The molecule has 0 amide bonds. The molecule has 1 aromatic rings. The van der Waals surface area contributed by atoms with Gasteiger partial charge in [-0.2, -0.15) is 5.10 Å². The first-order valence-electron chi connectivity index (χ1n) is 3.12. The number of nitrogens with one attached hydrogen (secondary N) is 1. The first-order valence-corrected chi connectivity index (χ1v) is 3.12. The molecule has 0 radical (unpaired) electrons. The quantitative estimate of drug-likeness (QED) is 0.234. The summed E-state index contributed by atoms with van der Waals surface area (Å²) in [6.45, 7) is 0. The summed E-state index contributed by atoms with van der Waals surface area (Å²) in [7, 11) is 0. The molecule has 0 saturated heterocycles. The summed E-state index contributed by atoms with van der Waals surface area (Å²) in [4.78, 5) is 0. The van der Waals surface area contributed by atoms with Gasteiger partial charge in [-0.25, -0.2) is 0 Å². The lowest BCUT2D eigenvalue weighted by atomic mass is 10.2. The Hall–Kier alpha value is -1.55. The average molecular weight is 151 g/mol. The number of hydrogen-bond donors (Lipinski definition) is 3. The molecule has 0 heterocycles. The second kappa shape index (κ2) is 3.58. The van der Waals surface area contributed by atoms with E-state index in [-0.39, 0.29) is 5.84 Å². The fourth-order valence-electron chi connectivity index (χ4n) is 0.764. The van der Waals surface area contributed by atoms with E-state index in [0.717, 1.165) is 5.56 Å². The third kappa shape index (κ3) is 1.68. The van der Waals surface area contributed by atoms with Crippen LogP contribution >= 0.6 is 0 Å². The van der Waals surface area contributed by atoms with Crippen molar-refractivity contribution in [2.75, 3.05) is 0 Å². The zero-order valence-electron chi connectivity index (χ0n) is 5.86. The Kier molecular flexibility index (Phi) is 2.46. The molecule has 4 N–H and O–H groups in total. The molecule has 0 aliphatic heterocycles. The van der Waals surface area contributed by atoms with Crippen LogP contribution in [0.3, 0.4) is 0 Å². The highest BCUT2D eigenvalue weighted by Gasteiger charge is 1.97. The van der Waals surface area contributed by atoms with E-state index >= 15 is 0 Å². The lowest BCUT2D eigenvalue weighted by molar-refractivity contribution is 0.234. The third-order valence-corrected chi connectivity index (χ3v) is 1.28. The first kappa shape index (κ1) is 7.56. The van der Waals surface area contributed by atoms with Gasteiger partial charge in [0, 0.05) is 5.56 Å². The van der Waals surface area contributed by atoms with Gasteiger partial charge in [-0.3, -0.25) is 10.7 Å². The summed E-state index contributed by atoms with van der Waals surface area (Å²) in [5, 5.41) is 11.9. The van der Waals surface area contributed by atoms with Crippen molar-refractivity contribution in [2.45, 2.75) is 0 Å². The number of nitrogens with zero attached hydrogens (tertiary/aromatic N) is 1. The molecule has 1 aromatic carbocycles. The minimum atomic E-state index is 0.255. The molecule has 0 atom stereocenters. The monoisotopic (exact) mass is 151 g/mol. The predicted molar refractivity (Wildman–Crippen MR) is 42.1 cm³/mol. The van der Waals surface area contributed by atoms with E-state index in [1.54, 1.807) is 12.1 Å². The third-order valence-electron chi connectivity index (χ3n) is 1.28. The second-order valence-electron chi connectivity index (χ2n) is 1.96.